The smallest absolute Gasteiger partial charge is 0.249 e. The molecule has 116 valence electrons. The first-order chi connectivity index (χ1) is 9.95. The molecular weight excluding hydrogens is 312 g/mol. The zero-order chi connectivity index (χ0) is 15.0. The minimum Gasteiger partial charge on any atom is -0.346 e. The summed E-state index contributed by atoms with van der Waals surface area (Å²) >= 11 is 1.08. The second-order valence-corrected chi connectivity index (χ2v) is 8.24. The maximum Gasteiger partial charge on any atom is 0.249 e. The molecule has 21 heavy (non-hydrogen) atoms. The topological polar surface area (TPSA) is 96.6 Å². The van der Waals surface area contributed by atoms with Crippen molar-refractivity contribution >= 4 is 32.4 Å². The van der Waals surface area contributed by atoms with Gasteiger partial charge in [0.05, 0.1) is 6.20 Å². The lowest BCUT2D eigenvalue weighted by Crippen LogP contribution is -2.36. The molecule has 0 atom stereocenters. The highest BCUT2D eigenvalue weighted by Gasteiger charge is 2.34. The Morgan fingerprint density at radius 3 is 2.67 bits per heavy atom. The molecule has 2 heterocycles. The van der Waals surface area contributed by atoms with Gasteiger partial charge in [-0.15, -0.1) is 0 Å². The molecule has 9 heteroatoms. The lowest BCUT2D eigenvalue weighted by molar-refractivity contribution is -0.132. The minimum absolute atomic E-state index is 0.0765. The van der Waals surface area contributed by atoms with E-state index in [0.717, 1.165) is 43.7 Å². The van der Waals surface area contributed by atoms with Crippen LogP contribution in [-0.4, -0.2) is 50.4 Å². The number of hydrogen-bond acceptors (Lipinski definition) is 6. The van der Waals surface area contributed by atoms with Crippen LogP contribution >= 0.6 is 11.3 Å². The van der Waals surface area contributed by atoms with Gasteiger partial charge in [0.1, 0.15) is 0 Å². The molecule has 7 nitrogen and oxygen atoms in total. The third kappa shape index (κ3) is 3.35. The monoisotopic (exact) mass is 330 g/mol. The Bertz CT molecular complexity index is 639. The summed E-state index contributed by atoms with van der Waals surface area (Å²) < 4.78 is 22.7. The Hall–Kier alpha value is -1.19. The van der Waals surface area contributed by atoms with Crippen molar-refractivity contribution in [1.29, 1.82) is 0 Å². The summed E-state index contributed by atoms with van der Waals surface area (Å²) in [6.45, 7) is 2.88. The molecule has 0 aromatic carbocycles. The summed E-state index contributed by atoms with van der Waals surface area (Å²) in [6, 6.07) is 0. The first kappa shape index (κ1) is 14.7. The Balaban J connectivity index is 1.67. The van der Waals surface area contributed by atoms with Gasteiger partial charge in [-0.3, -0.25) is 4.79 Å². The molecule has 1 aliphatic heterocycles. The number of rotatable bonds is 3. The van der Waals surface area contributed by atoms with Crippen LogP contribution in [0.15, 0.2) is 10.4 Å². The Kier molecular flexibility index (Phi) is 3.89. The van der Waals surface area contributed by atoms with Crippen LogP contribution < -0.4 is 10.0 Å². The second-order valence-electron chi connectivity index (χ2n) is 5.45. The largest absolute Gasteiger partial charge is 0.346 e. The van der Waals surface area contributed by atoms with Crippen LogP contribution in [0.2, 0.25) is 0 Å². The molecule has 0 bridgehead atoms. The van der Waals surface area contributed by atoms with E-state index < -0.39 is 10.0 Å². The molecule has 2 N–H and O–H groups in total. The molecule has 1 aromatic rings. The number of primary sulfonamides is 1. The molecule has 0 unspecified atom stereocenters. The summed E-state index contributed by atoms with van der Waals surface area (Å²) in [5.41, 5.74) is 0. The number of hydrogen-bond donors (Lipinski definition) is 1. The van der Waals surface area contributed by atoms with E-state index in [-0.39, 0.29) is 16.0 Å². The maximum absolute atomic E-state index is 12.1. The zero-order valence-electron chi connectivity index (χ0n) is 11.6. The van der Waals surface area contributed by atoms with Gasteiger partial charge in [0, 0.05) is 32.1 Å². The van der Waals surface area contributed by atoms with Crippen LogP contribution in [0.1, 0.15) is 19.3 Å². The summed E-state index contributed by atoms with van der Waals surface area (Å²) in [4.78, 5) is 20.2. The Morgan fingerprint density at radius 1 is 1.29 bits per heavy atom. The fourth-order valence-electron chi connectivity index (χ4n) is 2.45. The normalized spacial score (nSPS) is 20.4. The molecule has 1 amide bonds. The Morgan fingerprint density at radius 2 is 2.05 bits per heavy atom. The number of nitrogens with zero attached hydrogens (tertiary/aromatic N) is 3. The zero-order valence-corrected chi connectivity index (χ0v) is 13.2. The number of nitrogens with two attached hydrogens (primary N) is 1. The van der Waals surface area contributed by atoms with Gasteiger partial charge < -0.3 is 9.80 Å². The quantitative estimate of drug-likeness (QED) is 0.856. The van der Waals surface area contributed by atoms with E-state index >= 15 is 0 Å². The van der Waals surface area contributed by atoms with Crippen LogP contribution in [-0.2, 0) is 14.8 Å². The van der Waals surface area contributed by atoms with Crippen LogP contribution in [0.4, 0.5) is 5.13 Å². The van der Waals surface area contributed by atoms with E-state index in [4.69, 9.17) is 5.14 Å². The van der Waals surface area contributed by atoms with Gasteiger partial charge in [0.15, 0.2) is 9.34 Å². The highest BCUT2D eigenvalue weighted by molar-refractivity contribution is 7.91. The summed E-state index contributed by atoms with van der Waals surface area (Å²) in [7, 11) is -3.69. The van der Waals surface area contributed by atoms with Crippen molar-refractivity contribution in [3.8, 4) is 0 Å². The number of sulfonamides is 1. The van der Waals surface area contributed by atoms with Crippen molar-refractivity contribution in [2.75, 3.05) is 31.1 Å². The van der Waals surface area contributed by atoms with Gasteiger partial charge in [-0.25, -0.2) is 18.5 Å². The van der Waals surface area contributed by atoms with Crippen molar-refractivity contribution in [1.82, 2.24) is 9.88 Å². The van der Waals surface area contributed by atoms with Crippen molar-refractivity contribution in [3.63, 3.8) is 0 Å². The summed E-state index contributed by atoms with van der Waals surface area (Å²) in [6.07, 6.45) is 4.20. The standard InChI is InChI=1S/C12H18N4O3S2/c13-21(18,19)10-8-14-12(20-10)16-5-1-4-15(6-7-16)11(17)9-2-3-9/h8-9H,1-7H2,(H2,13,18,19). The molecule has 1 saturated heterocycles. The molecule has 1 aromatic heterocycles. The molecule has 1 saturated carbocycles. The average Bonchev–Trinajstić information content (AvgIpc) is 3.19. The number of aromatic nitrogens is 1. The van der Waals surface area contributed by atoms with Crippen molar-refractivity contribution in [2.45, 2.75) is 23.5 Å². The van der Waals surface area contributed by atoms with E-state index in [1.165, 1.54) is 6.20 Å². The third-order valence-electron chi connectivity index (χ3n) is 3.76. The number of carbonyl (C=O) groups excluding carboxylic acids is 1. The van der Waals surface area contributed by atoms with Gasteiger partial charge in [-0.2, -0.15) is 0 Å². The predicted molar refractivity (Wildman–Crippen MR) is 79.6 cm³/mol. The van der Waals surface area contributed by atoms with Crippen molar-refractivity contribution < 1.29 is 13.2 Å². The maximum atomic E-state index is 12.1. The predicted octanol–water partition coefficient (Wildman–Crippen LogP) is 0.239. The molecule has 3 rings (SSSR count). The second kappa shape index (κ2) is 5.54. The molecule has 2 aliphatic rings. The number of amides is 1. The number of thiazole rings is 1. The minimum atomic E-state index is -3.69. The van der Waals surface area contributed by atoms with Crippen LogP contribution in [0.3, 0.4) is 0 Å². The lowest BCUT2D eigenvalue weighted by atomic mass is 10.3. The van der Waals surface area contributed by atoms with Crippen molar-refractivity contribution in [3.05, 3.63) is 6.20 Å². The van der Waals surface area contributed by atoms with Crippen LogP contribution in [0.25, 0.3) is 0 Å². The van der Waals surface area contributed by atoms with Gasteiger partial charge in [-0.05, 0) is 19.3 Å². The number of anilines is 1. The summed E-state index contributed by atoms with van der Waals surface area (Å²) in [5.74, 6) is 0.506. The average molecular weight is 330 g/mol. The number of carbonyl (C=O) groups is 1. The summed E-state index contributed by atoms with van der Waals surface area (Å²) in [5, 5.41) is 5.76. The molecular formula is C12H18N4O3S2. The van der Waals surface area contributed by atoms with E-state index in [1.54, 1.807) is 0 Å². The molecule has 0 spiro atoms. The van der Waals surface area contributed by atoms with E-state index in [2.05, 4.69) is 4.98 Å². The molecule has 0 radical (unpaired) electrons. The van der Waals surface area contributed by atoms with E-state index in [0.29, 0.717) is 18.2 Å². The molecule has 1 aliphatic carbocycles. The molecule has 2 fully saturated rings. The van der Waals surface area contributed by atoms with Crippen molar-refractivity contribution in [2.24, 2.45) is 11.1 Å². The van der Waals surface area contributed by atoms with Gasteiger partial charge in [0.2, 0.25) is 15.9 Å². The van der Waals surface area contributed by atoms with Gasteiger partial charge in [-0.1, -0.05) is 11.3 Å². The van der Waals surface area contributed by atoms with E-state index in [1.807, 2.05) is 9.80 Å². The lowest BCUT2D eigenvalue weighted by Gasteiger charge is -2.21. The fourth-order valence-corrected chi connectivity index (χ4v) is 4.04. The SMILES string of the molecule is NS(=O)(=O)c1cnc(N2CCCN(C(=O)C3CC3)CC2)s1. The van der Waals surface area contributed by atoms with Gasteiger partial charge in [0.25, 0.3) is 0 Å². The van der Waals surface area contributed by atoms with Gasteiger partial charge >= 0.3 is 0 Å². The highest BCUT2D eigenvalue weighted by atomic mass is 32.2. The highest BCUT2D eigenvalue weighted by Crippen LogP contribution is 2.32. The van der Waals surface area contributed by atoms with Crippen LogP contribution in [0.5, 0.6) is 0 Å². The third-order valence-corrected chi connectivity index (χ3v) is 6.22. The first-order valence-corrected chi connectivity index (χ1v) is 9.34. The van der Waals surface area contributed by atoms with E-state index in [9.17, 15) is 13.2 Å². The fraction of sp³-hybridized carbons (Fsp3) is 0.667. The Labute approximate surface area is 127 Å². The van der Waals surface area contributed by atoms with Crippen LogP contribution in [0, 0.1) is 5.92 Å². The first-order valence-electron chi connectivity index (χ1n) is 6.97.